The number of imidazole rings is 1. The SMILES string of the molecule is Cn1ccnc1Sc1ccc(Cl)cc1NC(=O)C1(C)CC1(Cl)Cl. The zero-order valence-corrected chi connectivity index (χ0v) is 15.5. The Hall–Kier alpha value is -0.880. The van der Waals surface area contributed by atoms with Crippen molar-refractivity contribution >= 4 is 58.2 Å². The monoisotopic (exact) mass is 389 g/mol. The number of carbonyl (C=O) groups is 1. The van der Waals surface area contributed by atoms with Crippen LogP contribution in [0, 0.1) is 5.41 Å². The lowest BCUT2D eigenvalue weighted by molar-refractivity contribution is -0.120. The number of hydrogen-bond acceptors (Lipinski definition) is 3. The number of rotatable bonds is 4. The summed E-state index contributed by atoms with van der Waals surface area (Å²) in [5, 5.41) is 4.24. The second-order valence-corrected chi connectivity index (χ2v) is 8.66. The summed E-state index contributed by atoms with van der Waals surface area (Å²) in [4.78, 5) is 17.6. The normalized spacial score (nSPS) is 22.0. The highest BCUT2D eigenvalue weighted by atomic mass is 35.5. The zero-order valence-electron chi connectivity index (χ0n) is 12.4. The highest BCUT2D eigenvalue weighted by Gasteiger charge is 2.67. The Morgan fingerprint density at radius 2 is 2.13 bits per heavy atom. The quantitative estimate of drug-likeness (QED) is 0.767. The van der Waals surface area contributed by atoms with Gasteiger partial charge in [0.05, 0.1) is 11.1 Å². The Bertz CT molecular complexity index is 777. The predicted octanol–water partition coefficient (Wildman–Crippen LogP) is 4.75. The molecule has 0 radical (unpaired) electrons. The molecule has 0 bridgehead atoms. The molecule has 0 spiro atoms. The first-order chi connectivity index (χ1) is 10.7. The molecule has 1 aliphatic carbocycles. The molecule has 122 valence electrons. The van der Waals surface area contributed by atoms with Crippen molar-refractivity contribution in [3.8, 4) is 0 Å². The maximum Gasteiger partial charge on any atom is 0.233 e. The van der Waals surface area contributed by atoms with Gasteiger partial charge < -0.3 is 9.88 Å². The van der Waals surface area contributed by atoms with Crippen molar-refractivity contribution in [2.45, 2.75) is 27.7 Å². The van der Waals surface area contributed by atoms with E-state index in [0.29, 0.717) is 17.1 Å². The number of carbonyl (C=O) groups excluding carboxylic acids is 1. The van der Waals surface area contributed by atoms with Crippen LogP contribution in [0.4, 0.5) is 5.69 Å². The molecular formula is C15H14Cl3N3OS. The smallest absolute Gasteiger partial charge is 0.233 e. The highest BCUT2D eigenvalue weighted by Crippen LogP contribution is 2.64. The van der Waals surface area contributed by atoms with Crippen LogP contribution in [0.1, 0.15) is 13.3 Å². The van der Waals surface area contributed by atoms with E-state index in [1.165, 1.54) is 11.8 Å². The number of aromatic nitrogens is 2. The van der Waals surface area contributed by atoms with Gasteiger partial charge in [-0.25, -0.2) is 4.98 Å². The summed E-state index contributed by atoms with van der Waals surface area (Å²) in [6.45, 7) is 1.75. The van der Waals surface area contributed by atoms with Crippen molar-refractivity contribution in [3.63, 3.8) is 0 Å². The van der Waals surface area contributed by atoms with E-state index in [4.69, 9.17) is 34.8 Å². The number of benzene rings is 1. The van der Waals surface area contributed by atoms with Gasteiger partial charge in [-0.1, -0.05) is 11.6 Å². The molecule has 3 rings (SSSR count). The van der Waals surface area contributed by atoms with Crippen molar-refractivity contribution in [2.75, 3.05) is 5.32 Å². The third-order valence-electron chi connectivity index (χ3n) is 3.93. The Kier molecular flexibility index (Phi) is 4.34. The van der Waals surface area contributed by atoms with E-state index < -0.39 is 9.75 Å². The van der Waals surface area contributed by atoms with Crippen LogP contribution < -0.4 is 5.32 Å². The molecule has 2 aromatic rings. The minimum absolute atomic E-state index is 0.216. The minimum atomic E-state index is -1.01. The highest BCUT2D eigenvalue weighted by molar-refractivity contribution is 7.99. The zero-order chi connectivity index (χ0) is 16.8. The number of alkyl halides is 2. The van der Waals surface area contributed by atoms with E-state index in [2.05, 4.69) is 10.3 Å². The van der Waals surface area contributed by atoms with Crippen LogP contribution >= 0.6 is 46.6 Å². The fraction of sp³-hybridized carbons (Fsp3) is 0.333. The van der Waals surface area contributed by atoms with Crippen molar-refractivity contribution < 1.29 is 4.79 Å². The van der Waals surface area contributed by atoms with E-state index in [1.54, 1.807) is 25.3 Å². The number of hydrogen-bond donors (Lipinski definition) is 1. The summed E-state index contributed by atoms with van der Waals surface area (Å²) in [6.07, 6.45) is 4.01. The molecule has 0 aliphatic heterocycles. The van der Waals surface area contributed by atoms with Gasteiger partial charge in [-0.3, -0.25) is 4.79 Å². The van der Waals surface area contributed by atoms with Gasteiger partial charge in [0.2, 0.25) is 5.91 Å². The molecule has 1 saturated carbocycles. The molecule has 1 heterocycles. The molecule has 0 saturated heterocycles. The lowest BCUT2D eigenvalue weighted by Crippen LogP contribution is -2.26. The number of nitrogens with zero attached hydrogens (tertiary/aromatic N) is 2. The lowest BCUT2D eigenvalue weighted by Gasteiger charge is -2.15. The largest absolute Gasteiger partial charge is 0.329 e. The van der Waals surface area contributed by atoms with Crippen LogP contribution in [0.3, 0.4) is 0 Å². The minimum Gasteiger partial charge on any atom is -0.329 e. The summed E-state index contributed by atoms with van der Waals surface area (Å²) in [7, 11) is 1.91. The molecule has 1 aromatic heterocycles. The van der Waals surface area contributed by atoms with Gasteiger partial charge in [0.1, 0.15) is 4.33 Å². The van der Waals surface area contributed by atoms with E-state index in [1.807, 2.05) is 23.9 Å². The first-order valence-corrected chi connectivity index (χ1v) is 8.82. The van der Waals surface area contributed by atoms with Gasteiger partial charge >= 0.3 is 0 Å². The maximum absolute atomic E-state index is 12.5. The molecule has 1 N–H and O–H groups in total. The molecular weight excluding hydrogens is 377 g/mol. The molecule has 1 aromatic carbocycles. The summed E-state index contributed by atoms with van der Waals surface area (Å²) in [5.74, 6) is -0.216. The number of amides is 1. The Morgan fingerprint density at radius 1 is 1.43 bits per heavy atom. The third-order valence-corrected chi connectivity index (χ3v) is 6.42. The fourth-order valence-corrected chi connectivity index (χ4v) is 3.89. The number of anilines is 1. The first kappa shape index (κ1) is 17.0. The number of nitrogens with one attached hydrogen (secondary N) is 1. The molecule has 23 heavy (non-hydrogen) atoms. The topological polar surface area (TPSA) is 46.9 Å². The molecule has 1 atom stereocenters. The summed E-state index contributed by atoms with van der Waals surface area (Å²) in [5.41, 5.74) is -0.170. The van der Waals surface area contributed by atoms with E-state index >= 15 is 0 Å². The lowest BCUT2D eigenvalue weighted by atomic mass is 10.1. The standard InChI is InChI=1S/C15H14Cl3N3OS/c1-14(8-15(14,17)18)12(22)20-10-7-9(16)3-4-11(10)23-13-19-5-6-21(13)2/h3-7H,8H2,1-2H3,(H,20,22). The summed E-state index contributed by atoms with van der Waals surface area (Å²) in [6, 6.07) is 5.33. The molecule has 1 amide bonds. The molecule has 4 nitrogen and oxygen atoms in total. The van der Waals surface area contributed by atoms with Gasteiger partial charge in [0.15, 0.2) is 5.16 Å². The van der Waals surface area contributed by atoms with Crippen molar-refractivity contribution in [3.05, 3.63) is 35.6 Å². The fourth-order valence-electron chi connectivity index (χ4n) is 2.14. The Morgan fingerprint density at radius 3 is 2.70 bits per heavy atom. The summed E-state index contributed by atoms with van der Waals surface area (Å²) < 4.78 is 0.887. The van der Waals surface area contributed by atoms with Crippen LogP contribution in [0.5, 0.6) is 0 Å². The number of aryl methyl sites for hydroxylation is 1. The maximum atomic E-state index is 12.5. The second-order valence-electron chi connectivity index (χ2n) is 5.73. The molecule has 8 heteroatoms. The first-order valence-electron chi connectivity index (χ1n) is 6.87. The molecule has 1 aliphatic rings. The Labute approximate surface area is 153 Å². The van der Waals surface area contributed by atoms with Crippen LogP contribution in [-0.2, 0) is 11.8 Å². The van der Waals surface area contributed by atoms with Crippen LogP contribution in [0.15, 0.2) is 40.6 Å². The van der Waals surface area contributed by atoms with E-state index in [0.717, 1.165) is 10.1 Å². The average molecular weight is 391 g/mol. The second kappa shape index (κ2) is 5.88. The van der Waals surface area contributed by atoms with Crippen LogP contribution in [0.2, 0.25) is 5.02 Å². The van der Waals surface area contributed by atoms with E-state index in [-0.39, 0.29) is 5.91 Å². The Balaban J connectivity index is 1.85. The molecule has 1 fully saturated rings. The summed E-state index contributed by atoms with van der Waals surface area (Å²) >= 11 is 19.7. The average Bonchev–Trinajstić information content (AvgIpc) is 2.77. The van der Waals surface area contributed by atoms with Crippen molar-refractivity contribution in [2.24, 2.45) is 12.5 Å². The van der Waals surface area contributed by atoms with Crippen LogP contribution in [-0.4, -0.2) is 19.8 Å². The number of halogens is 3. The van der Waals surface area contributed by atoms with Crippen LogP contribution in [0.25, 0.3) is 0 Å². The molecule has 1 unspecified atom stereocenters. The van der Waals surface area contributed by atoms with Gasteiger partial charge in [0, 0.05) is 29.4 Å². The van der Waals surface area contributed by atoms with Gasteiger partial charge in [-0.15, -0.1) is 23.2 Å². The van der Waals surface area contributed by atoms with Gasteiger partial charge in [0.25, 0.3) is 0 Å². The predicted molar refractivity (Wildman–Crippen MR) is 94.6 cm³/mol. The van der Waals surface area contributed by atoms with E-state index in [9.17, 15) is 4.79 Å². The van der Waals surface area contributed by atoms with Gasteiger partial charge in [-0.05, 0) is 43.3 Å². The van der Waals surface area contributed by atoms with Crippen molar-refractivity contribution in [1.82, 2.24) is 9.55 Å². The van der Waals surface area contributed by atoms with Gasteiger partial charge in [-0.2, -0.15) is 0 Å². The third kappa shape index (κ3) is 3.20. The van der Waals surface area contributed by atoms with Crippen molar-refractivity contribution in [1.29, 1.82) is 0 Å².